The lowest BCUT2D eigenvalue weighted by atomic mass is 10.1. The van der Waals surface area contributed by atoms with Gasteiger partial charge in [0, 0.05) is 23.4 Å². The van der Waals surface area contributed by atoms with Crippen molar-refractivity contribution < 1.29 is 18.8 Å². The molecule has 6 heteroatoms. The summed E-state index contributed by atoms with van der Waals surface area (Å²) in [5.41, 5.74) is 3.61. The van der Waals surface area contributed by atoms with Gasteiger partial charge >= 0.3 is 5.97 Å². The van der Waals surface area contributed by atoms with Gasteiger partial charge in [0.15, 0.2) is 5.76 Å². The van der Waals surface area contributed by atoms with E-state index in [1.165, 1.54) is 5.56 Å². The number of hydrogen-bond acceptors (Lipinski definition) is 6. The Labute approximate surface area is 167 Å². The Morgan fingerprint density at radius 3 is 2.97 bits per heavy atom. The Morgan fingerprint density at radius 2 is 2.03 bits per heavy atom. The number of nitrogens with zero attached hydrogens (tertiary/aromatic N) is 2. The second kappa shape index (κ2) is 7.05. The van der Waals surface area contributed by atoms with Gasteiger partial charge in [0.05, 0.1) is 5.52 Å². The van der Waals surface area contributed by atoms with E-state index >= 15 is 0 Å². The van der Waals surface area contributed by atoms with Crippen LogP contribution in [0.4, 0.5) is 0 Å². The van der Waals surface area contributed by atoms with Gasteiger partial charge < -0.3 is 14.0 Å². The monoisotopic (exact) mass is 386 g/mol. The topological polar surface area (TPSA) is 74.5 Å². The summed E-state index contributed by atoms with van der Waals surface area (Å²) >= 11 is 0. The molecule has 0 amide bonds. The van der Waals surface area contributed by atoms with Crippen LogP contribution in [0.2, 0.25) is 0 Å². The van der Waals surface area contributed by atoms with Crippen molar-refractivity contribution in [3.8, 4) is 17.1 Å². The molecule has 29 heavy (non-hydrogen) atoms. The molecular weight excluding hydrogens is 368 g/mol. The van der Waals surface area contributed by atoms with Crippen molar-refractivity contribution in [2.45, 2.75) is 26.1 Å². The first-order valence-electron chi connectivity index (χ1n) is 9.44. The van der Waals surface area contributed by atoms with Crippen molar-refractivity contribution in [2.75, 3.05) is 0 Å². The van der Waals surface area contributed by atoms with Gasteiger partial charge in [-0.1, -0.05) is 41.6 Å². The fraction of sp³-hybridized carbons (Fsp3) is 0.174. The minimum absolute atomic E-state index is 0.00924. The van der Waals surface area contributed by atoms with Crippen molar-refractivity contribution in [1.82, 2.24) is 10.1 Å². The second-order valence-corrected chi connectivity index (χ2v) is 7.10. The summed E-state index contributed by atoms with van der Waals surface area (Å²) in [7, 11) is 0. The van der Waals surface area contributed by atoms with Crippen molar-refractivity contribution in [3.05, 3.63) is 77.6 Å². The molecule has 0 saturated carbocycles. The standard InChI is InChI=1S/C23H18N2O4/c1-14-10-16-6-7-17(11-21(16)28-14)22-12-18(25-29-22)13-27-23(26)20-9-8-15-4-2-3-5-19(15)24-20/h2-9,11-12,14H,10,13H2,1H3. The van der Waals surface area contributed by atoms with E-state index in [2.05, 4.69) is 10.1 Å². The fourth-order valence-corrected chi connectivity index (χ4v) is 3.46. The lowest BCUT2D eigenvalue weighted by Gasteiger charge is -2.03. The molecule has 0 aliphatic carbocycles. The molecule has 0 spiro atoms. The summed E-state index contributed by atoms with van der Waals surface area (Å²) in [6.45, 7) is 2.06. The van der Waals surface area contributed by atoms with Crippen LogP contribution in [0.3, 0.4) is 0 Å². The van der Waals surface area contributed by atoms with Crippen molar-refractivity contribution in [3.63, 3.8) is 0 Å². The zero-order valence-electron chi connectivity index (χ0n) is 15.8. The molecule has 0 N–H and O–H groups in total. The highest BCUT2D eigenvalue weighted by molar-refractivity contribution is 5.91. The highest BCUT2D eigenvalue weighted by Crippen LogP contribution is 2.33. The number of pyridine rings is 1. The van der Waals surface area contributed by atoms with Crippen LogP contribution in [0.5, 0.6) is 5.75 Å². The van der Waals surface area contributed by atoms with E-state index in [4.69, 9.17) is 14.0 Å². The average Bonchev–Trinajstić information content (AvgIpc) is 3.36. The van der Waals surface area contributed by atoms with E-state index in [1.54, 1.807) is 12.1 Å². The van der Waals surface area contributed by atoms with Gasteiger partial charge in [0.2, 0.25) is 0 Å². The van der Waals surface area contributed by atoms with Crippen LogP contribution in [0.25, 0.3) is 22.2 Å². The van der Waals surface area contributed by atoms with Crippen LogP contribution in [0, 0.1) is 0 Å². The Morgan fingerprint density at radius 1 is 1.14 bits per heavy atom. The molecule has 6 nitrogen and oxygen atoms in total. The molecule has 1 atom stereocenters. The van der Waals surface area contributed by atoms with Gasteiger partial charge in [0.1, 0.15) is 29.8 Å². The van der Waals surface area contributed by atoms with Crippen molar-refractivity contribution in [1.29, 1.82) is 0 Å². The maximum Gasteiger partial charge on any atom is 0.357 e. The summed E-state index contributed by atoms with van der Waals surface area (Å²) in [4.78, 5) is 16.7. The molecule has 144 valence electrons. The molecule has 1 aliphatic heterocycles. The summed E-state index contributed by atoms with van der Waals surface area (Å²) < 4.78 is 16.6. The third-order valence-corrected chi connectivity index (χ3v) is 4.90. The highest BCUT2D eigenvalue weighted by Gasteiger charge is 2.20. The van der Waals surface area contributed by atoms with Gasteiger partial charge in [-0.05, 0) is 30.7 Å². The van der Waals surface area contributed by atoms with Crippen LogP contribution in [0.1, 0.15) is 28.7 Å². The molecular formula is C23H18N2O4. The van der Waals surface area contributed by atoms with Crippen molar-refractivity contribution in [2.24, 2.45) is 0 Å². The molecule has 1 aliphatic rings. The van der Waals surface area contributed by atoms with E-state index in [0.717, 1.165) is 28.6 Å². The van der Waals surface area contributed by atoms with E-state index in [0.29, 0.717) is 11.5 Å². The lowest BCUT2D eigenvalue weighted by Crippen LogP contribution is -2.07. The Bertz CT molecular complexity index is 1210. The molecule has 5 rings (SSSR count). The summed E-state index contributed by atoms with van der Waals surface area (Å²) in [5, 5.41) is 4.97. The molecule has 4 aromatic rings. The predicted molar refractivity (Wildman–Crippen MR) is 107 cm³/mol. The molecule has 0 bridgehead atoms. The van der Waals surface area contributed by atoms with Crippen LogP contribution in [-0.2, 0) is 17.8 Å². The van der Waals surface area contributed by atoms with Crippen LogP contribution < -0.4 is 4.74 Å². The number of para-hydroxylation sites is 1. The zero-order chi connectivity index (χ0) is 19.8. The van der Waals surface area contributed by atoms with Gasteiger partial charge in [-0.25, -0.2) is 9.78 Å². The number of esters is 1. The molecule has 1 unspecified atom stereocenters. The van der Waals surface area contributed by atoms with Gasteiger partial charge in [-0.2, -0.15) is 0 Å². The van der Waals surface area contributed by atoms with Gasteiger partial charge in [-0.3, -0.25) is 0 Å². The highest BCUT2D eigenvalue weighted by atomic mass is 16.5. The first-order valence-corrected chi connectivity index (χ1v) is 9.44. The SMILES string of the molecule is CC1Cc2ccc(-c3cc(COC(=O)c4ccc5ccccc5n4)no3)cc2O1. The van der Waals surface area contributed by atoms with E-state index in [9.17, 15) is 4.79 Å². The van der Waals surface area contributed by atoms with E-state index in [-0.39, 0.29) is 18.4 Å². The Balaban J connectivity index is 1.28. The van der Waals surface area contributed by atoms with Crippen molar-refractivity contribution >= 4 is 16.9 Å². The van der Waals surface area contributed by atoms with E-state index < -0.39 is 5.97 Å². The quantitative estimate of drug-likeness (QED) is 0.478. The van der Waals surface area contributed by atoms with E-state index in [1.807, 2.05) is 55.5 Å². The van der Waals surface area contributed by atoms with Crippen LogP contribution >= 0.6 is 0 Å². The normalized spacial score (nSPS) is 15.1. The largest absolute Gasteiger partial charge is 0.490 e. The smallest absolute Gasteiger partial charge is 0.357 e. The van der Waals surface area contributed by atoms with Gasteiger partial charge in [-0.15, -0.1) is 0 Å². The summed E-state index contributed by atoms with van der Waals surface area (Å²) in [5.74, 6) is 0.979. The zero-order valence-corrected chi connectivity index (χ0v) is 15.8. The maximum absolute atomic E-state index is 12.3. The molecule has 3 heterocycles. The average molecular weight is 386 g/mol. The minimum Gasteiger partial charge on any atom is -0.490 e. The second-order valence-electron chi connectivity index (χ2n) is 7.10. The number of rotatable bonds is 4. The third-order valence-electron chi connectivity index (χ3n) is 4.90. The number of carbonyl (C=O) groups excluding carboxylic acids is 1. The molecule has 2 aromatic heterocycles. The van der Waals surface area contributed by atoms with Gasteiger partial charge in [0.25, 0.3) is 0 Å². The predicted octanol–water partition coefficient (Wildman–Crippen LogP) is 4.57. The number of fused-ring (bicyclic) bond motifs is 2. The summed E-state index contributed by atoms with van der Waals surface area (Å²) in [6.07, 6.45) is 1.10. The van der Waals surface area contributed by atoms with Crippen LogP contribution in [0.15, 0.2) is 65.2 Å². The number of ether oxygens (including phenoxy) is 2. The number of hydrogen-bond donors (Lipinski definition) is 0. The minimum atomic E-state index is -0.500. The molecule has 2 aromatic carbocycles. The number of benzene rings is 2. The first kappa shape index (κ1) is 17.4. The molecule has 0 radical (unpaired) electrons. The van der Waals surface area contributed by atoms with Crippen LogP contribution in [-0.4, -0.2) is 22.2 Å². The number of carbonyl (C=O) groups is 1. The first-order chi connectivity index (χ1) is 14.2. The molecule has 0 fully saturated rings. The third kappa shape index (κ3) is 3.45. The Kier molecular flexibility index (Phi) is 4.24. The maximum atomic E-state index is 12.3. The fourth-order valence-electron chi connectivity index (χ4n) is 3.46. The Hall–Kier alpha value is -3.67. The molecule has 0 saturated heterocycles. The lowest BCUT2D eigenvalue weighted by molar-refractivity contribution is 0.0458. The summed E-state index contributed by atoms with van der Waals surface area (Å²) in [6, 6.07) is 18.9. The number of aromatic nitrogens is 2.